The smallest absolute Gasteiger partial charge is 0.0868 e. The van der Waals surface area contributed by atoms with Gasteiger partial charge in [0, 0.05) is 13.0 Å². The van der Waals surface area contributed by atoms with Crippen molar-refractivity contribution in [1.82, 2.24) is 0 Å². The Hall–Kier alpha value is -1.56. The van der Waals surface area contributed by atoms with Gasteiger partial charge in [-0.15, -0.1) is 11.8 Å². The Morgan fingerprint density at radius 3 is 2.95 bits per heavy atom. The summed E-state index contributed by atoms with van der Waals surface area (Å²) in [6.45, 7) is 3.35. The molecule has 0 amide bonds. The van der Waals surface area contributed by atoms with Crippen LogP contribution in [0.1, 0.15) is 38.2 Å². The zero-order valence-electron chi connectivity index (χ0n) is 12.8. The molecule has 0 radical (unpaired) electrons. The Morgan fingerprint density at radius 2 is 2.14 bits per heavy atom. The molecule has 1 aromatic rings. The maximum atomic E-state index is 6.01. The molecule has 0 aliphatic carbocycles. The molecule has 0 fully saturated rings. The van der Waals surface area contributed by atoms with Crippen molar-refractivity contribution < 1.29 is 9.47 Å². The highest BCUT2D eigenvalue weighted by Gasteiger charge is 2.16. The largest absolute Gasteiger partial charge is 0.377 e. The van der Waals surface area contributed by atoms with E-state index in [2.05, 4.69) is 36.1 Å². The van der Waals surface area contributed by atoms with Crippen LogP contribution in [-0.2, 0) is 16.1 Å². The lowest BCUT2D eigenvalue weighted by Crippen LogP contribution is -2.24. The van der Waals surface area contributed by atoms with Crippen LogP contribution in [0.2, 0.25) is 0 Å². The lowest BCUT2D eigenvalue weighted by Gasteiger charge is -2.24. The number of hydrogen-bond donors (Lipinski definition) is 0. The molecule has 1 aliphatic heterocycles. The minimum absolute atomic E-state index is 0.168. The molecular formula is C19H24O2. The van der Waals surface area contributed by atoms with Gasteiger partial charge in [0.05, 0.1) is 18.8 Å². The molecular weight excluding hydrogens is 260 g/mol. The zero-order valence-corrected chi connectivity index (χ0v) is 12.8. The van der Waals surface area contributed by atoms with Crippen molar-refractivity contribution in [2.75, 3.05) is 6.61 Å². The molecule has 1 aromatic carbocycles. The van der Waals surface area contributed by atoms with Crippen molar-refractivity contribution >= 4 is 0 Å². The molecule has 0 unspecified atom stereocenters. The van der Waals surface area contributed by atoms with Crippen LogP contribution in [-0.4, -0.2) is 18.8 Å². The predicted octanol–water partition coefficient (Wildman–Crippen LogP) is 4.11. The van der Waals surface area contributed by atoms with E-state index < -0.39 is 0 Å². The van der Waals surface area contributed by atoms with Gasteiger partial charge in [-0.2, -0.15) is 0 Å². The van der Waals surface area contributed by atoms with Crippen LogP contribution < -0.4 is 0 Å². The summed E-state index contributed by atoms with van der Waals surface area (Å²) < 4.78 is 11.7. The Labute approximate surface area is 128 Å². The molecule has 112 valence electrons. The summed E-state index contributed by atoms with van der Waals surface area (Å²) in [5.41, 5.74) is 1.23. The Morgan fingerprint density at radius 1 is 1.29 bits per heavy atom. The van der Waals surface area contributed by atoms with Crippen molar-refractivity contribution in [1.29, 1.82) is 0 Å². The second kappa shape index (κ2) is 9.39. The van der Waals surface area contributed by atoms with Crippen LogP contribution >= 0.6 is 0 Å². The van der Waals surface area contributed by atoms with Gasteiger partial charge in [-0.25, -0.2) is 0 Å². The fourth-order valence-electron chi connectivity index (χ4n) is 2.41. The summed E-state index contributed by atoms with van der Waals surface area (Å²) in [7, 11) is 0. The first kappa shape index (κ1) is 15.8. The molecule has 21 heavy (non-hydrogen) atoms. The first-order chi connectivity index (χ1) is 10.4. The van der Waals surface area contributed by atoms with Gasteiger partial charge in [-0.05, 0) is 31.7 Å². The Kier molecular flexibility index (Phi) is 7.07. The van der Waals surface area contributed by atoms with Gasteiger partial charge < -0.3 is 9.47 Å². The molecule has 0 saturated heterocycles. The van der Waals surface area contributed by atoms with Crippen molar-refractivity contribution in [3.63, 3.8) is 0 Å². The molecule has 0 spiro atoms. The van der Waals surface area contributed by atoms with Crippen molar-refractivity contribution in [2.24, 2.45) is 0 Å². The fraction of sp³-hybridized carbons (Fsp3) is 0.474. The molecule has 0 N–H and O–H groups in total. The summed E-state index contributed by atoms with van der Waals surface area (Å²) in [5.74, 6) is 6.00. The fourth-order valence-corrected chi connectivity index (χ4v) is 2.41. The normalized spacial score (nSPS) is 20.8. The molecule has 2 nitrogen and oxygen atoms in total. The summed E-state index contributed by atoms with van der Waals surface area (Å²) in [4.78, 5) is 0. The third-order valence-corrected chi connectivity index (χ3v) is 3.52. The summed E-state index contributed by atoms with van der Waals surface area (Å²) in [5, 5.41) is 0. The second-order valence-electron chi connectivity index (χ2n) is 5.27. The Balaban J connectivity index is 1.58. The van der Waals surface area contributed by atoms with E-state index in [9.17, 15) is 0 Å². The van der Waals surface area contributed by atoms with Gasteiger partial charge in [0.25, 0.3) is 0 Å². The minimum Gasteiger partial charge on any atom is -0.377 e. The number of hydrogen-bond acceptors (Lipinski definition) is 2. The molecule has 0 bridgehead atoms. The van der Waals surface area contributed by atoms with Crippen LogP contribution in [0.25, 0.3) is 0 Å². The summed E-state index contributed by atoms with van der Waals surface area (Å²) in [6.07, 6.45) is 8.74. The highest BCUT2D eigenvalue weighted by molar-refractivity contribution is 5.13. The summed E-state index contributed by atoms with van der Waals surface area (Å²) >= 11 is 0. The standard InChI is InChI=1S/C19H24O2/c1-2-3-11-18-12-7-13-19(21-18)14-8-15-20-16-17-9-5-4-6-10-17/h4-7,9-10,12,18-19H,8,11,13-16H2,1H3/t18-,19+/m1/s1. The van der Waals surface area contributed by atoms with Gasteiger partial charge in [0.15, 0.2) is 0 Å². The van der Waals surface area contributed by atoms with Crippen molar-refractivity contribution in [3.8, 4) is 11.8 Å². The highest BCUT2D eigenvalue weighted by Crippen LogP contribution is 2.18. The molecule has 0 saturated carbocycles. The Bertz CT molecular complexity index is 481. The SMILES string of the molecule is CC#CC[C@@H]1C=CC[C@@H](CCCOCc2ccccc2)O1. The minimum atomic E-state index is 0.168. The van der Waals surface area contributed by atoms with Crippen molar-refractivity contribution in [3.05, 3.63) is 48.0 Å². The molecule has 2 atom stereocenters. The molecule has 2 heteroatoms. The lowest BCUT2D eigenvalue weighted by molar-refractivity contribution is -0.00208. The third kappa shape index (κ3) is 6.16. The lowest BCUT2D eigenvalue weighted by atomic mass is 10.1. The van der Waals surface area contributed by atoms with E-state index in [0.717, 1.165) is 32.3 Å². The van der Waals surface area contributed by atoms with Gasteiger partial charge in [-0.1, -0.05) is 42.5 Å². The number of ether oxygens (including phenoxy) is 2. The van der Waals surface area contributed by atoms with E-state index in [0.29, 0.717) is 12.7 Å². The van der Waals surface area contributed by atoms with Crippen LogP contribution in [0.15, 0.2) is 42.5 Å². The topological polar surface area (TPSA) is 18.5 Å². The van der Waals surface area contributed by atoms with E-state index in [1.165, 1.54) is 5.56 Å². The van der Waals surface area contributed by atoms with Gasteiger partial charge in [-0.3, -0.25) is 0 Å². The molecule has 1 aliphatic rings. The predicted molar refractivity (Wildman–Crippen MR) is 85.8 cm³/mol. The van der Waals surface area contributed by atoms with Gasteiger partial charge in [0.1, 0.15) is 0 Å². The third-order valence-electron chi connectivity index (χ3n) is 3.52. The van der Waals surface area contributed by atoms with Crippen LogP contribution in [0.3, 0.4) is 0 Å². The maximum Gasteiger partial charge on any atom is 0.0868 e. The quantitative estimate of drug-likeness (QED) is 0.426. The number of rotatable bonds is 7. The average Bonchev–Trinajstić information content (AvgIpc) is 2.54. The van der Waals surface area contributed by atoms with E-state index >= 15 is 0 Å². The van der Waals surface area contributed by atoms with Gasteiger partial charge >= 0.3 is 0 Å². The van der Waals surface area contributed by atoms with Crippen LogP contribution in [0.5, 0.6) is 0 Å². The first-order valence-electron chi connectivity index (χ1n) is 7.72. The van der Waals surface area contributed by atoms with E-state index in [4.69, 9.17) is 9.47 Å². The molecule has 2 rings (SSSR count). The van der Waals surface area contributed by atoms with Gasteiger partial charge in [0.2, 0.25) is 0 Å². The monoisotopic (exact) mass is 284 g/mol. The highest BCUT2D eigenvalue weighted by atomic mass is 16.5. The summed E-state index contributed by atoms with van der Waals surface area (Å²) in [6, 6.07) is 10.3. The second-order valence-corrected chi connectivity index (χ2v) is 5.27. The van der Waals surface area contributed by atoms with E-state index in [-0.39, 0.29) is 6.10 Å². The maximum absolute atomic E-state index is 6.01. The van der Waals surface area contributed by atoms with Crippen LogP contribution in [0.4, 0.5) is 0 Å². The van der Waals surface area contributed by atoms with Crippen molar-refractivity contribution in [2.45, 2.75) is 51.4 Å². The van der Waals surface area contributed by atoms with E-state index in [1.54, 1.807) is 0 Å². The molecule has 1 heterocycles. The number of benzene rings is 1. The van der Waals surface area contributed by atoms with Crippen LogP contribution in [0, 0.1) is 11.8 Å². The average molecular weight is 284 g/mol. The first-order valence-corrected chi connectivity index (χ1v) is 7.72. The molecule has 0 aromatic heterocycles. The zero-order chi connectivity index (χ0) is 14.8. The van der Waals surface area contributed by atoms with E-state index in [1.807, 2.05) is 25.1 Å².